The van der Waals surface area contributed by atoms with Crippen molar-refractivity contribution >= 4 is 0 Å². The molecule has 1 heteroatoms. The van der Waals surface area contributed by atoms with Crippen LogP contribution in [0.3, 0.4) is 0 Å². The van der Waals surface area contributed by atoms with Crippen LogP contribution in [0.4, 0.5) is 0 Å². The number of aliphatic hydroxyl groups is 1. The van der Waals surface area contributed by atoms with Gasteiger partial charge in [-0.1, -0.05) is 55.7 Å². The highest BCUT2D eigenvalue weighted by Gasteiger charge is 2.15. The standard InChI is InChI=1S/C18H26O/c1-5-6-7-8-12-18(4,19)13-11-17-10-9-15(2)14-16(17)3/h9-10,14,19H,5-8,12H2,1-4H3. The zero-order valence-electron chi connectivity index (χ0n) is 12.7. The van der Waals surface area contributed by atoms with E-state index in [0.717, 1.165) is 18.4 Å². The van der Waals surface area contributed by atoms with Crippen molar-refractivity contribution in [3.05, 3.63) is 34.9 Å². The van der Waals surface area contributed by atoms with Crippen LogP contribution in [-0.2, 0) is 0 Å². The Bertz CT molecular complexity index is 460. The van der Waals surface area contributed by atoms with Crippen molar-refractivity contribution in [2.45, 2.75) is 65.4 Å². The van der Waals surface area contributed by atoms with E-state index in [1.807, 2.05) is 13.0 Å². The van der Waals surface area contributed by atoms with Crippen LogP contribution in [0.5, 0.6) is 0 Å². The average molecular weight is 258 g/mol. The van der Waals surface area contributed by atoms with Gasteiger partial charge in [-0.25, -0.2) is 0 Å². The first-order chi connectivity index (χ1) is 8.94. The number of hydrogen-bond acceptors (Lipinski definition) is 1. The van der Waals surface area contributed by atoms with Crippen LogP contribution in [0.15, 0.2) is 18.2 Å². The SMILES string of the molecule is CCCCCCC(C)(O)C#Cc1ccc(C)cc1C. The summed E-state index contributed by atoms with van der Waals surface area (Å²) in [5.41, 5.74) is 2.56. The van der Waals surface area contributed by atoms with Gasteiger partial charge < -0.3 is 5.11 Å². The fraction of sp³-hybridized carbons (Fsp3) is 0.556. The third-order valence-electron chi connectivity index (χ3n) is 3.37. The minimum Gasteiger partial charge on any atom is -0.378 e. The van der Waals surface area contributed by atoms with E-state index in [2.05, 4.69) is 44.7 Å². The van der Waals surface area contributed by atoms with Crippen molar-refractivity contribution in [1.29, 1.82) is 0 Å². The van der Waals surface area contributed by atoms with Gasteiger partial charge in [0.15, 0.2) is 0 Å². The van der Waals surface area contributed by atoms with Crippen LogP contribution in [0.2, 0.25) is 0 Å². The first kappa shape index (κ1) is 15.8. The molecule has 104 valence electrons. The van der Waals surface area contributed by atoms with E-state index in [-0.39, 0.29) is 0 Å². The largest absolute Gasteiger partial charge is 0.378 e. The van der Waals surface area contributed by atoms with E-state index in [1.165, 1.54) is 30.4 Å². The molecule has 1 N–H and O–H groups in total. The topological polar surface area (TPSA) is 20.2 Å². The fourth-order valence-corrected chi connectivity index (χ4v) is 2.11. The van der Waals surface area contributed by atoms with Gasteiger partial charge in [0, 0.05) is 5.56 Å². The lowest BCUT2D eigenvalue weighted by atomic mass is 9.97. The first-order valence-electron chi connectivity index (χ1n) is 7.27. The lowest BCUT2D eigenvalue weighted by Crippen LogP contribution is -2.21. The monoisotopic (exact) mass is 258 g/mol. The predicted molar refractivity (Wildman–Crippen MR) is 82.2 cm³/mol. The van der Waals surface area contributed by atoms with Crippen LogP contribution in [0.25, 0.3) is 0 Å². The molecule has 1 atom stereocenters. The quantitative estimate of drug-likeness (QED) is 0.614. The van der Waals surface area contributed by atoms with Gasteiger partial charge in [0.1, 0.15) is 5.60 Å². The molecule has 0 aliphatic heterocycles. The molecule has 1 nitrogen and oxygen atoms in total. The zero-order valence-corrected chi connectivity index (χ0v) is 12.7. The van der Waals surface area contributed by atoms with Crippen molar-refractivity contribution in [3.63, 3.8) is 0 Å². The second-order valence-corrected chi connectivity index (χ2v) is 5.65. The molecule has 0 aromatic heterocycles. The Balaban J connectivity index is 2.64. The van der Waals surface area contributed by atoms with Crippen LogP contribution < -0.4 is 0 Å². The van der Waals surface area contributed by atoms with Gasteiger partial charge in [0.05, 0.1) is 0 Å². The van der Waals surface area contributed by atoms with E-state index in [1.54, 1.807) is 0 Å². The molecule has 0 fully saturated rings. The Labute approximate surface area is 118 Å². The van der Waals surface area contributed by atoms with E-state index in [9.17, 15) is 5.11 Å². The number of aryl methyl sites for hydroxylation is 2. The molecule has 0 aliphatic rings. The molecule has 0 radical (unpaired) electrons. The minimum absolute atomic E-state index is 0.755. The summed E-state index contributed by atoms with van der Waals surface area (Å²) in [6.45, 7) is 8.15. The third-order valence-corrected chi connectivity index (χ3v) is 3.37. The highest BCUT2D eigenvalue weighted by atomic mass is 16.3. The number of hydrogen-bond donors (Lipinski definition) is 1. The minimum atomic E-state index is -0.870. The molecular weight excluding hydrogens is 232 g/mol. The summed E-state index contributed by atoms with van der Waals surface area (Å²) in [4.78, 5) is 0. The van der Waals surface area contributed by atoms with Gasteiger partial charge >= 0.3 is 0 Å². The van der Waals surface area contributed by atoms with E-state index in [4.69, 9.17) is 0 Å². The third kappa shape index (κ3) is 5.94. The van der Waals surface area contributed by atoms with Crippen molar-refractivity contribution in [3.8, 4) is 11.8 Å². The smallest absolute Gasteiger partial charge is 0.123 e. The van der Waals surface area contributed by atoms with Crippen LogP contribution in [0, 0.1) is 25.7 Å². The Morgan fingerprint density at radius 2 is 1.89 bits per heavy atom. The van der Waals surface area contributed by atoms with Crippen molar-refractivity contribution in [1.82, 2.24) is 0 Å². The lowest BCUT2D eigenvalue weighted by molar-refractivity contribution is 0.109. The Hall–Kier alpha value is -1.26. The van der Waals surface area contributed by atoms with Gasteiger partial charge in [-0.05, 0) is 45.2 Å². The van der Waals surface area contributed by atoms with Gasteiger partial charge in [-0.2, -0.15) is 0 Å². The van der Waals surface area contributed by atoms with E-state index >= 15 is 0 Å². The summed E-state index contributed by atoms with van der Waals surface area (Å²) in [6, 6.07) is 6.22. The van der Waals surface area contributed by atoms with Crippen LogP contribution in [-0.4, -0.2) is 10.7 Å². The molecule has 0 spiro atoms. The maximum atomic E-state index is 10.2. The molecule has 1 aromatic rings. The van der Waals surface area contributed by atoms with Gasteiger partial charge in [-0.3, -0.25) is 0 Å². The highest BCUT2D eigenvalue weighted by Crippen LogP contribution is 2.15. The molecule has 0 aliphatic carbocycles. The molecule has 19 heavy (non-hydrogen) atoms. The van der Waals surface area contributed by atoms with Crippen molar-refractivity contribution in [2.24, 2.45) is 0 Å². The second-order valence-electron chi connectivity index (χ2n) is 5.65. The second kappa shape index (κ2) is 7.36. The molecule has 0 saturated carbocycles. The summed E-state index contributed by atoms with van der Waals surface area (Å²) in [5, 5.41) is 10.2. The normalized spacial score (nSPS) is 13.5. The van der Waals surface area contributed by atoms with Gasteiger partial charge in [0.2, 0.25) is 0 Å². The van der Waals surface area contributed by atoms with Crippen LogP contribution in [0.1, 0.15) is 62.6 Å². The molecule has 0 bridgehead atoms. The van der Waals surface area contributed by atoms with E-state index in [0.29, 0.717) is 0 Å². The molecule has 0 heterocycles. The highest BCUT2D eigenvalue weighted by molar-refractivity contribution is 5.43. The predicted octanol–water partition coefficient (Wildman–Crippen LogP) is 4.38. The lowest BCUT2D eigenvalue weighted by Gasteiger charge is -2.15. The first-order valence-corrected chi connectivity index (χ1v) is 7.27. The molecular formula is C18H26O. The van der Waals surface area contributed by atoms with Crippen molar-refractivity contribution in [2.75, 3.05) is 0 Å². The Morgan fingerprint density at radius 1 is 1.16 bits per heavy atom. The molecule has 1 aromatic carbocycles. The Morgan fingerprint density at radius 3 is 2.53 bits per heavy atom. The average Bonchev–Trinajstić information content (AvgIpc) is 2.34. The summed E-state index contributed by atoms with van der Waals surface area (Å²) >= 11 is 0. The fourth-order valence-electron chi connectivity index (χ4n) is 2.11. The van der Waals surface area contributed by atoms with Crippen LogP contribution >= 0.6 is 0 Å². The maximum Gasteiger partial charge on any atom is 0.123 e. The van der Waals surface area contributed by atoms with Crippen molar-refractivity contribution < 1.29 is 5.11 Å². The number of rotatable bonds is 5. The van der Waals surface area contributed by atoms with E-state index < -0.39 is 5.60 Å². The maximum absolute atomic E-state index is 10.2. The number of benzene rings is 1. The Kier molecular flexibility index (Phi) is 6.12. The molecule has 0 amide bonds. The summed E-state index contributed by atoms with van der Waals surface area (Å²) < 4.78 is 0. The zero-order chi connectivity index (χ0) is 14.3. The molecule has 0 saturated heterocycles. The van der Waals surface area contributed by atoms with Gasteiger partial charge in [0.25, 0.3) is 0 Å². The summed E-state index contributed by atoms with van der Waals surface area (Å²) in [5.74, 6) is 6.14. The summed E-state index contributed by atoms with van der Waals surface area (Å²) in [7, 11) is 0. The summed E-state index contributed by atoms with van der Waals surface area (Å²) in [6.07, 6.45) is 5.43. The molecule has 1 rings (SSSR count). The van der Waals surface area contributed by atoms with Gasteiger partial charge in [-0.15, -0.1) is 0 Å². The number of unbranched alkanes of at least 4 members (excludes halogenated alkanes) is 3. The molecule has 1 unspecified atom stereocenters.